The van der Waals surface area contributed by atoms with Gasteiger partial charge in [0.15, 0.2) is 0 Å². The van der Waals surface area contributed by atoms with Crippen LogP contribution < -0.4 is 5.32 Å². The van der Waals surface area contributed by atoms with E-state index >= 15 is 0 Å². The first kappa shape index (κ1) is 20.9. The number of sulfonamides is 1. The summed E-state index contributed by atoms with van der Waals surface area (Å²) >= 11 is 6.91. The molecule has 1 fully saturated rings. The van der Waals surface area contributed by atoms with Crippen LogP contribution >= 0.6 is 22.9 Å². The fourth-order valence-corrected chi connectivity index (χ4v) is 5.93. The molecule has 7 nitrogen and oxygen atoms in total. The van der Waals surface area contributed by atoms with Gasteiger partial charge in [0.05, 0.1) is 10.9 Å². The van der Waals surface area contributed by atoms with E-state index in [9.17, 15) is 17.6 Å². The zero-order valence-electron chi connectivity index (χ0n) is 15.5. The van der Waals surface area contributed by atoms with Crippen LogP contribution in [0, 0.1) is 5.82 Å². The summed E-state index contributed by atoms with van der Waals surface area (Å²) in [6.45, 7) is 0.353. The highest BCUT2D eigenvalue weighted by Crippen LogP contribution is 2.38. The Balaban J connectivity index is 1.54. The van der Waals surface area contributed by atoms with Crippen molar-refractivity contribution in [2.24, 2.45) is 0 Å². The molecule has 156 valence electrons. The number of benzene rings is 2. The number of rotatable bonds is 5. The van der Waals surface area contributed by atoms with Crippen LogP contribution in [-0.2, 0) is 10.0 Å². The van der Waals surface area contributed by atoms with Crippen molar-refractivity contribution in [2.75, 3.05) is 11.9 Å². The summed E-state index contributed by atoms with van der Waals surface area (Å²) in [4.78, 5) is 12.6. The Bertz CT molecular complexity index is 1170. The summed E-state index contributed by atoms with van der Waals surface area (Å²) in [5.74, 6) is -0.898. The van der Waals surface area contributed by atoms with Crippen molar-refractivity contribution in [2.45, 2.75) is 23.8 Å². The molecule has 0 spiro atoms. The maximum atomic E-state index is 13.1. The average molecular weight is 467 g/mol. The number of aromatic nitrogens is 2. The number of carbonyl (C=O) groups is 1. The summed E-state index contributed by atoms with van der Waals surface area (Å²) in [5, 5.41) is 11.6. The highest BCUT2D eigenvalue weighted by Gasteiger charge is 2.38. The molecule has 1 aliphatic heterocycles. The molecule has 1 saturated heterocycles. The first-order chi connectivity index (χ1) is 14.3. The van der Waals surface area contributed by atoms with Gasteiger partial charge in [-0.05, 0) is 61.4 Å². The SMILES string of the molecule is O=C(Nc1ccc(F)cc1)c1nnc([C@H]2CCCN2S(=O)(=O)c2ccc(Cl)cc2)s1. The summed E-state index contributed by atoms with van der Waals surface area (Å²) in [6.07, 6.45) is 1.26. The number of hydrogen-bond donors (Lipinski definition) is 1. The number of hydrogen-bond acceptors (Lipinski definition) is 6. The summed E-state index contributed by atoms with van der Waals surface area (Å²) in [6, 6.07) is 10.8. The number of halogens is 2. The molecular weight excluding hydrogens is 451 g/mol. The Hall–Kier alpha value is -2.40. The van der Waals surface area contributed by atoms with Gasteiger partial charge in [-0.2, -0.15) is 4.31 Å². The van der Waals surface area contributed by atoms with Crippen LogP contribution in [0.3, 0.4) is 0 Å². The molecule has 0 radical (unpaired) electrons. The summed E-state index contributed by atoms with van der Waals surface area (Å²) < 4.78 is 40.5. The van der Waals surface area contributed by atoms with Crippen LogP contribution in [0.4, 0.5) is 10.1 Å². The highest BCUT2D eigenvalue weighted by molar-refractivity contribution is 7.89. The van der Waals surface area contributed by atoms with E-state index in [1.54, 1.807) is 0 Å². The third-order valence-electron chi connectivity index (χ3n) is 4.65. The van der Waals surface area contributed by atoms with E-state index in [-0.39, 0.29) is 9.90 Å². The average Bonchev–Trinajstić information content (AvgIpc) is 3.40. The number of carbonyl (C=O) groups excluding carboxylic acids is 1. The van der Waals surface area contributed by atoms with Crippen LogP contribution in [0.15, 0.2) is 53.4 Å². The Labute approximate surface area is 181 Å². The lowest BCUT2D eigenvalue weighted by Gasteiger charge is -2.22. The molecule has 1 aromatic heterocycles. The van der Waals surface area contributed by atoms with Gasteiger partial charge in [-0.25, -0.2) is 12.8 Å². The van der Waals surface area contributed by atoms with Crippen molar-refractivity contribution >= 4 is 44.6 Å². The van der Waals surface area contributed by atoms with E-state index < -0.39 is 27.8 Å². The zero-order chi connectivity index (χ0) is 21.3. The first-order valence-electron chi connectivity index (χ1n) is 9.02. The van der Waals surface area contributed by atoms with E-state index in [1.807, 2.05) is 0 Å². The Morgan fingerprint density at radius 1 is 1.13 bits per heavy atom. The van der Waals surface area contributed by atoms with Gasteiger partial charge in [-0.3, -0.25) is 4.79 Å². The van der Waals surface area contributed by atoms with Crippen molar-refractivity contribution in [1.29, 1.82) is 0 Å². The van der Waals surface area contributed by atoms with Gasteiger partial charge in [0.25, 0.3) is 5.91 Å². The number of nitrogens with one attached hydrogen (secondary N) is 1. The molecule has 1 atom stereocenters. The largest absolute Gasteiger partial charge is 0.320 e. The Kier molecular flexibility index (Phi) is 5.83. The summed E-state index contributed by atoms with van der Waals surface area (Å²) in [5.41, 5.74) is 0.422. The number of nitrogens with zero attached hydrogens (tertiary/aromatic N) is 3. The fourth-order valence-electron chi connectivity index (χ4n) is 3.20. The van der Waals surface area contributed by atoms with Crippen molar-refractivity contribution in [3.8, 4) is 0 Å². The van der Waals surface area contributed by atoms with E-state index in [4.69, 9.17) is 11.6 Å². The Morgan fingerprint density at radius 2 is 1.83 bits per heavy atom. The van der Waals surface area contributed by atoms with E-state index in [0.717, 1.165) is 11.3 Å². The molecule has 0 aliphatic carbocycles. The molecule has 4 rings (SSSR count). The maximum absolute atomic E-state index is 13.1. The van der Waals surface area contributed by atoms with Crippen molar-refractivity contribution in [3.63, 3.8) is 0 Å². The molecule has 2 aromatic carbocycles. The number of amides is 1. The topological polar surface area (TPSA) is 92.3 Å². The van der Waals surface area contributed by atoms with E-state index in [0.29, 0.717) is 35.1 Å². The molecular formula is C19H16ClFN4O3S2. The van der Waals surface area contributed by atoms with Crippen LogP contribution in [0.1, 0.15) is 33.7 Å². The van der Waals surface area contributed by atoms with Crippen molar-refractivity contribution in [3.05, 3.63) is 69.4 Å². The maximum Gasteiger partial charge on any atom is 0.286 e. The van der Waals surface area contributed by atoms with Crippen LogP contribution in [0.25, 0.3) is 0 Å². The van der Waals surface area contributed by atoms with Crippen molar-refractivity contribution in [1.82, 2.24) is 14.5 Å². The predicted octanol–water partition coefficient (Wildman–Crippen LogP) is 4.11. The minimum atomic E-state index is -3.74. The second kappa shape index (κ2) is 8.38. The molecule has 2 heterocycles. The molecule has 11 heteroatoms. The molecule has 0 saturated carbocycles. The second-order valence-electron chi connectivity index (χ2n) is 6.63. The summed E-state index contributed by atoms with van der Waals surface area (Å²) in [7, 11) is -3.74. The van der Waals surface area contributed by atoms with Gasteiger partial charge in [0.1, 0.15) is 10.8 Å². The van der Waals surface area contributed by atoms with Crippen LogP contribution in [0.5, 0.6) is 0 Å². The first-order valence-corrected chi connectivity index (χ1v) is 11.7. The second-order valence-corrected chi connectivity index (χ2v) is 9.97. The quantitative estimate of drug-likeness (QED) is 0.611. The minimum Gasteiger partial charge on any atom is -0.320 e. The minimum absolute atomic E-state index is 0.102. The fraction of sp³-hybridized carbons (Fsp3) is 0.211. The lowest BCUT2D eigenvalue weighted by Crippen LogP contribution is -2.30. The van der Waals surface area contributed by atoms with Crippen LogP contribution in [0.2, 0.25) is 5.02 Å². The zero-order valence-corrected chi connectivity index (χ0v) is 17.8. The third kappa shape index (κ3) is 4.22. The lowest BCUT2D eigenvalue weighted by molar-refractivity contribution is 0.102. The lowest BCUT2D eigenvalue weighted by atomic mass is 10.2. The van der Waals surface area contributed by atoms with Gasteiger partial charge >= 0.3 is 0 Å². The standard InChI is InChI=1S/C19H16ClFN4O3S2/c20-12-3-9-15(10-4-12)30(27,28)25-11-1-2-16(25)18-23-24-19(29-18)17(26)22-14-7-5-13(21)6-8-14/h3-10,16H,1-2,11H2,(H,22,26)/t16-/m1/s1. The molecule has 0 bridgehead atoms. The highest BCUT2D eigenvalue weighted by atomic mass is 35.5. The van der Waals surface area contributed by atoms with Gasteiger partial charge in [0.2, 0.25) is 15.0 Å². The van der Waals surface area contributed by atoms with E-state index in [1.165, 1.54) is 52.8 Å². The van der Waals surface area contributed by atoms with Gasteiger partial charge in [0, 0.05) is 17.3 Å². The smallest absolute Gasteiger partial charge is 0.286 e. The number of anilines is 1. The van der Waals surface area contributed by atoms with Crippen LogP contribution in [-0.4, -0.2) is 35.4 Å². The monoisotopic (exact) mass is 466 g/mol. The third-order valence-corrected chi connectivity index (χ3v) is 7.84. The molecule has 3 aromatic rings. The normalized spacial score (nSPS) is 17.2. The Morgan fingerprint density at radius 3 is 2.53 bits per heavy atom. The van der Waals surface area contributed by atoms with Gasteiger partial charge < -0.3 is 5.32 Å². The van der Waals surface area contributed by atoms with Crippen molar-refractivity contribution < 1.29 is 17.6 Å². The molecule has 0 unspecified atom stereocenters. The van der Waals surface area contributed by atoms with Gasteiger partial charge in [-0.15, -0.1) is 10.2 Å². The van der Waals surface area contributed by atoms with E-state index in [2.05, 4.69) is 15.5 Å². The van der Waals surface area contributed by atoms with Gasteiger partial charge in [-0.1, -0.05) is 22.9 Å². The molecule has 30 heavy (non-hydrogen) atoms. The predicted molar refractivity (Wildman–Crippen MR) is 112 cm³/mol. The molecule has 1 N–H and O–H groups in total. The molecule has 1 amide bonds. The molecule has 1 aliphatic rings.